The zero-order valence-electron chi connectivity index (χ0n) is 16.9. The van der Waals surface area contributed by atoms with Crippen molar-refractivity contribution in [2.45, 2.75) is 56.7 Å². The van der Waals surface area contributed by atoms with Crippen LogP contribution in [0.25, 0.3) is 11.5 Å². The number of hydrogen-bond donors (Lipinski definition) is 1. The third-order valence-corrected chi connectivity index (χ3v) is 6.47. The molecular formula is C21H24F3N3O3. The Labute approximate surface area is 172 Å². The summed E-state index contributed by atoms with van der Waals surface area (Å²) in [6, 6.07) is 7.77. The Morgan fingerprint density at radius 1 is 1.17 bits per heavy atom. The van der Waals surface area contributed by atoms with Gasteiger partial charge in [0.1, 0.15) is 0 Å². The molecule has 2 fully saturated rings. The van der Waals surface area contributed by atoms with Crippen LogP contribution in [0.15, 0.2) is 28.7 Å². The SMILES string of the molecule is Cc1ccc(-c2nnc(C3(C4CCN(C(=O)[C@@](C)(O)C(F)(F)F)CC4)CC3)o2)cc1. The molecule has 1 N–H and O–H groups in total. The Balaban J connectivity index is 1.44. The molecule has 1 aliphatic carbocycles. The van der Waals surface area contributed by atoms with Crippen LogP contribution >= 0.6 is 0 Å². The molecule has 162 valence electrons. The summed E-state index contributed by atoms with van der Waals surface area (Å²) in [5, 5.41) is 18.1. The fourth-order valence-corrected chi connectivity index (χ4v) is 4.23. The lowest BCUT2D eigenvalue weighted by Gasteiger charge is -2.38. The van der Waals surface area contributed by atoms with E-state index in [0.29, 0.717) is 31.5 Å². The predicted octanol–water partition coefficient (Wildman–Crippen LogP) is 3.63. The molecule has 2 aliphatic rings. The van der Waals surface area contributed by atoms with Crippen LogP contribution in [0, 0.1) is 12.8 Å². The summed E-state index contributed by atoms with van der Waals surface area (Å²) in [4.78, 5) is 13.3. The number of piperidine rings is 1. The molecule has 2 heterocycles. The second-order valence-corrected chi connectivity index (χ2v) is 8.57. The molecule has 6 nitrogen and oxygen atoms in total. The molecule has 0 radical (unpaired) electrons. The average molecular weight is 423 g/mol. The quantitative estimate of drug-likeness (QED) is 0.813. The summed E-state index contributed by atoms with van der Waals surface area (Å²) in [5.74, 6) is -0.142. The highest BCUT2D eigenvalue weighted by atomic mass is 19.4. The number of benzene rings is 1. The van der Waals surface area contributed by atoms with Gasteiger partial charge in [0.15, 0.2) is 0 Å². The first-order valence-corrected chi connectivity index (χ1v) is 10.0. The third kappa shape index (κ3) is 3.49. The maximum atomic E-state index is 13.0. The lowest BCUT2D eigenvalue weighted by atomic mass is 9.81. The lowest BCUT2D eigenvalue weighted by molar-refractivity contribution is -0.250. The first kappa shape index (κ1) is 20.8. The van der Waals surface area contributed by atoms with E-state index in [-0.39, 0.29) is 24.4 Å². The fraction of sp³-hybridized carbons (Fsp3) is 0.571. The van der Waals surface area contributed by atoms with E-state index >= 15 is 0 Å². The average Bonchev–Trinajstić information content (AvgIpc) is 3.37. The second kappa shape index (κ2) is 7.08. The fourth-order valence-electron chi connectivity index (χ4n) is 4.23. The van der Waals surface area contributed by atoms with Crippen LogP contribution < -0.4 is 0 Å². The topological polar surface area (TPSA) is 79.5 Å². The largest absolute Gasteiger partial charge is 0.426 e. The van der Waals surface area contributed by atoms with E-state index in [1.165, 1.54) is 0 Å². The van der Waals surface area contributed by atoms with Crippen LogP contribution in [0.3, 0.4) is 0 Å². The van der Waals surface area contributed by atoms with Gasteiger partial charge in [-0.2, -0.15) is 13.2 Å². The van der Waals surface area contributed by atoms with Gasteiger partial charge >= 0.3 is 6.18 Å². The molecular weight excluding hydrogens is 399 g/mol. The summed E-state index contributed by atoms with van der Waals surface area (Å²) >= 11 is 0. The third-order valence-electron chi connectivity index (χ3n) is 6.47. The maximum absolute atomic E-state index is 13.0. The van der Waals surface area contributed by atoms with Crippen LogP contribution in [0.4, 0.5) is 13.2 Å². The normalized spacial score (nSPS) is 21.3. The summed E-state index contributed by atoms with van der Waals surface area (Å²) in [6.07, 6.45) is -2.19. The maximum Gasteiger partial charge on any atom is 0.426 e. The molecule has 30 heavy (non-hydrogen) atoms. The Bertz CT molecular complexity index is 925. The number of carbonyl (C=O) groups excluding carboxylic acids is 1. The van der Waals surface area contributed by atoms with Gasteiger partial charge in [-0.25, -0.2) is 0 Å². The summed E-state index contributed by atoms with van der Waals surface area (Å²) in [6.45, 7) is 2.83. The van der Waals surface area contributed by atoms with Crippen molar-refractivity contribution in [1.82, 2.24) is 15.1 Å². The van der Waals surface area contributed by atoms with Crippen LogP contribution in [-0.4, -0.2) is 51.0 Å². The molecule has 1 atom stereocenters. The van der Waals surface area contributed by atoms with Crippen LogP contribution in [-0.2, 0) is 10.2 Å². The van der Waals surface area contributed by atoms with E-state index in [1.807, 2.05) is 31.2 Å². The molecule has 0 bridgehead atoms. The number of likely N-dealkylation sites (tertiary alicyclic amines) is 1. The van der Waals surface area contributed by atoms with Gasteiger partial charge in [-0.3, -0.25) is 4.79 Å². The summed E-state index contributed by atoms with van der Waals surface area (Å²) < 4.78 is 44.9. The molecule has 1 aromatic heterocycles. The van der Waals surface area contributed by atoms with Gasteiger partial charge in [-0.1, -0.05) is 17.7 Å². The second-order valence-electron chi connectivity index (χ2n) is 8.57. The van der Waals surface area contributed by atoms with Crippen LogP contribution in [0.5, 0.6) is 0 Å². The summed E-state index contributed by atoms with van der Waals surface area (Å²) in [7, 11) is 0. The van der Waals surface area contributed by atoms with E-state index in [1.54, 1.807) is 0 Å². The van der Waals surface area contributed by atoms with E-state index in [4.69, 9.17) is 4.42 Å². The Kier molecular flexibility index (Phi) is 4.91. The smallest absolute Gasteiger partial charge is 0.420 e. The molecule has 1 aromatic carbocycles. The molecule has 1 saturated carbocycles. The van der Waals surface area contributed by atoms with Gasteiger partial charge in [0.25, 0.3) is 5.91 Å². The molecule has 4 rings (SSSR count). The van der Waals surface area contributed by atoms with Gasteiger partial charge in [0.05, 0.1) is 5.41 Å². The minimum atomic E-state index is -5.01. The number of hydrogen-bond acceptors (Lipinski definition) is 5. The Morgan fingerprint density at radius 3 is 2.30 bits per heavy atom. The van der Waals surface area contributed by atoms with Crippen LogP contribution in [0.2, 0.25) is 0 Å². The minimum Gasteiger partial charge on any atom is -0.420 e. The molecule has 1 saturated heterocycles. The Morgan fingerprint density at radius 2 is 1.77 bits per heavy atom. The zero-order valence-corrected chi connectivity index (χ0v) is 16.9. The highest BCUT2D eigenvalue weighted by molar-refractivity contribution is 5.85. The first-order valence-electron chi connectivity index (χ1n) is 10.0. The van der Waals surface area contributed by atoms with Crippen molar-refractivity contribution in [3.63, 3.8) is 0 Å². The number of amides is 1. The monoisotopic (exact) mass is 423 g/mol. The van der Waals surface area contributed by atoms with Gasteiger partial charge in [0, 0.05) is 18.7 Å². The highest BCUT2D eigenvalue weighted by Crippen LogP contribution is 2.56. The lowest BCUT2D eigenvalue weighted by Crippen LogP contribution is -2.57. The van der Waals surface area contributed by atoms with Crippen molar-refractivity contribution in [3.05, 3.63) is 35.7 Å². The molecule has 0 spiro atoms. The van der Waals surface area contributed by atoms with E-state index < -0.39 is 17.7 Å². The molecule has 9 heteroatoms. The van der Waals surface area contributed by atoms with E-state index in [0.717, 1.165) is 28.9 Å². The van der Waals surface area contributed by atoms with Gasteiger partial charge in [-0.15, -0.1) is 10.2 Å². The number of halogens is 3. The number of nitrogens with zero attached hydrogens (tertiary/aromatic N) is 3. The number of aryl methyl sites for hydroxylation is 1. The van der Waals surface area contributed by atoms with E-state index in [9.17, 15) is 23.1 Å². The predicted molar refractivity (Wildman–Crippen MR) is 101 cm³/mol. The number of aliphatic hydroxyl groups is 1. The first-order chi connectivity index (χ1) is 14.0. The zero-order chi connectivity index (χ0) is 21.7. The van der Waals surface area contributed by atoms with Gasteiger partial charge < -0.3 is 14.4 Å². The number of carbonyl (C=O) groups is 1. The summed E-state index contributed by atoms with van der Waals surface area (Å²) in [5.41, 5.74) is -1.67. The van der Waals surface area contributed by atoms with Crippen molar-refractivity contribution in [3.8, 4) is 11.5 Å². The van der Waals surface area contributed by atoms with Crippen molar-refractivity contribution in [2.75, 3.05) is 13.1 Å². The molecule has 2 aromatic rings. The number of alkyl halides is 3. The van der Waals surface area contributed by atoms with Crippen molar-refractivity contribution < 1.29 is 27.5 Å². The standard InChI is InChI=1S/C21H24F3N3O3/c1-13-3-5-14(6-4-13)16-25-26-17(30-16)20(9-10-20)15-7-11-27(12-8-15)18(28)19(2,29)21(22,23)24/h3-6,15,29H,7-12H2,1-2H3/t19-/m1/s1. The highest BCUT2D eigenvalue weighted by Gasteiger charge is 2.59. The van der Waals surface area contributed by atoms with Crippen molar-refractivity contribution in [1.29, 1.82) is 0 Å². The number of aromatic nitrogens is 2. The molecule has 1 amide bonds. The van der Waals surface area contributed by atoms with Crippen molar-refractivity contribution in [2.24, 2.45) is 5.92 Å². The van der Waals surface area contributed by atoms with Crippen LogP contribution in [0.1, 0.15) is 44.1 Å². The van der Waals surface area contributed by atoms with E-state index in [2.05, 4.69) is 10.2 Å². The number of rotatable bonds is 4. The molecule has 1 aliphatic heterocycles. The van der Waals surface area contributed by atoms with Crippen molar-refractivity contribution >= 4 is 5.91 Å². The minimum absolute atomic E-state index is 0.142. The Hall–Kier alpha value is -2.42. The van der Waals surface area contributed by atoms with Gasteiger partial charge in [-0.05, 0) is 57.6 Å². The molecule has 0 unspecified atom stereocenters. The van der Waals surface area contributed by atoms with Gasteiger partial charge in [0.2, 0.25) is 17.4 Å².